The van der Waals surface area contributed by atoms with Crippen molar-refractivity contribution in [3.05, 3.63) is 54.6 Å². The molecule has 2 aromatic rings. The number of carbonyl (C=O) groups excluding carboxylic acids is 2. The van der Waals surface area contributed by atoms with Crippen LogP contribution in [0.1, 0.15) is 6.92 Å². The van der Waals surface area contributed by atoms with Crippen molar-refractivity contribution in [1.82, 2.24) is 0 Å². The Morgan fingerprint density at radius 2 is 1.72 bits per heavy atom. The molecule has 0 aliphatic heterocycles. The van der Waals surface area contributed by atoms with Gasteiger partial charge < -0.3 is 4.74 Å². The molecule has 0 N–H and O–H groups in total. The Bertz CT molecular complexity index is 626. The summed E-state index contributed by atoms with van der Waals surface area (Å²) in [5.41, 5.74) is 0. The van der Waals surface area contributed by atoms with Gasteiger partial charge in [0.15, 0.2) is 5.78 Å². The van der Waals surface area contributed by atoms with Gasteiger partial charge in [-0.15, -0.1) is 0 Å². The lowest BCUT2D eigenvalue weighted by Gasteiger charge is -2.03. The summed E-state index contributed by atoms with van der Waals surface area (Å²) in [7, 11) is 0. The van der Waals surface area contributed by atoms with E-state index >= 15 is 0 Å². The first kappa shape index (κ1) is 12.0. The van der Waals surface area contributed by atoms with Gasteiger partial charge in [-0.1, -0.05) is 30.3 Å². The first-order valence-corrected chi connectivity index (χ1v) is 5.54. The summed E-state index contributed by atoms with van der Waals surface area (Å²) in [4.78, 5) is 22.1. The Kier molecular flexibility index (Phi) is 3.53. The van der Waals surface area contributed by atoms with Crippen LogP contribution in [0.3, 0.4) is 0 Å². The second-order valence-corrected chi connectivity index (χ2v) is 3.87. The number of fused-ring (bicyclic) bond motifs is 1. The molecule has 0 aliphatic carbocycles. The maximum atomic E-state index is 11.4. The number of benzene rings is 2. The van der Waals surface area contributed by atoms with Crippen molar-refractivity contribution in [2.75, 3.05) is 0 Å². The molecule has 0 amide bonds. The third-order valence-corrected chi connectivity index (χ3v) is 2.39. The van der Waals surface area contributed by atoms with Crippen LogP contribution in [0.2, 0.25) is 0 Å². The zero-order valence-corrected chi connectivity index (χ0v) is 9.92. The van der Waals surface area contributed by atoms with Crippen molar-refractivity contribution < 1.29 is 14.3 Å². The molecule has 90 valence electrons. The van der Waals surface area contributed by atoms with E-state index in [-0.39, 0.29) is 5.78 Å². The van der Waals surface area contributed by atoms with Crippen LogP contribution < -0.4 is 4.74 Å². The molecule has 0 saturated carbocycles. The summed E-state index contributed by atoms with van der Waals surface area (Å²) in [5.74, 6) is -0.280. The van der Waals surface area contributed by atoms with E-state index in [0.717, 1.165) is 16.8 Å². The zero-order valence-electron chi connectivity index (χ0n) is 9.92. The van der Waals surface area contributed by atoms with Gasteiger partial charge in [0, 0.05) is 6.08 Å². The molecule has 2 rings (SSSR count). The average Bonchev–Trinajstić information content (AvgIpc) is 2.36. The van der Waals surface area contributed by atoms with E-state index < -0.39 is 5.97 Å². The molecule has 0 aromatic heterocycles. The molecule has 0 saturated heterocycles. The predicted octanol–water partition coefficient (Wildman–Crippen LogP) is 2.89. The van der Waals surface area contributed by atoms with Crippen LogP contribution in [0.4, 0.5) is 0 Å². The lowest BCUT2D eigenvalue weighted by molar-refractivity contribution is -0.129. The second-order valence-electron chi connectivity index (χ2n) is 3.87. The van der Waals surface area contributed by atoms with E-state index in [1.165, 1.54) is 13.0 Å². The summed E-state index contributed by atoms with van der Waals surface area (Å²) in [5, 5.41) is 2.08. The van der Waals surface area contributed by atoms with Crippen molar-refractivity contribution in [1.29, 1.82) is 0 Å². The Hall–Kier alpha value is -2.42. The topological polar surface area (TPSA) is 43.4 Å². The number of ether oxygens (including phenoxy) is 1. The van der Waals surface area contributed by atoms with E-state index in [9.17, 15) is 9.59 Å². The van der Waals surface area contributed by atoms with Crippen LogP contribution in [-0.2, 0) is 9.59 Å². The monoisotopic (exact) mass is 240 g/mol. The van der Waals surface area contributed by atoms with Crippen LogP contribution >= 0.6 is 0 Å². The lowest BCUT2D eigenvalue weighted by atomic mass is 10.1. The summed E-state index contributed by atoms with van der Waals surface area (Å²) in [6.07, 6.45) is 2.31. The van der Waals surface area contributed by atoms with E-state index in [1.54, 1.807) is 12.1 Å². The Balaban J connectivity index is 2.17. The predicted molar refractivity (Wildman–Crippen MR) is 69.4 cm³/mol. The number of rotatable bonds is 3. The molecule has 0 atom stereocenters. The maximum Gasteiger partial charge on any atom is 0.336 e. The van der Waals surface area contributed by atoms with Crippen molar-refractivity contribution in [3.63, 3.8) is 0 Å². The van der Waals surface area contributed by atoms with Gasteiger partial charge in [-0.2, -0.15) is 0 Å². The number of hydrogen-bond donors (Lipinski definition) is 0. The molecule has 3 heteroatoms. The molecule has 2 aromatic carbocycles. The highest BCUT2D eigenvalue weighted by atomic mass is 16.5. The largest absolute Gasteiger partial charge is 0.423 e. The summed E-state index contributed by atoms with van der Waals surface area (Å²) in [6, 6.07) is 13.2. The molecule has 0 unspecified atom stereocenters. The minimum atomic E-state index is -0.555. The van der Waals surface area contributed by atoms with Gasteiger partial charge >= 0.3 is 5.97 Å². The fourth-order valence-corrected chi connectivity index (χ4v) is 1.57. The van der Waals surface area contributed by atoms with E-state index in [2.05, 4.69) is 0 Å². The first-order valence-electron chi connectivity index (χ1n) is 5.54. The van der Waals surface area contributed by atoms with E-state index in [0.29, 0.717) is 5.75 Å². The van der Waals surface area contributed by atoms with Crippen molar-refractivity contribution >= 4 is 22.5 Å². The van der Waals surface area contributed by atoms with Crippen LogP contribution in [0.5, 0.6) is 5.75 Å². The molecule has 0 bridgehead atoms. The minimum absolute atomic E-state index is 0.189. The number of ketones is 1. The summed E-state index contributed by atoms with van der Waals surface area (Å²) in [6.45, 7) is 1.37. The first-order chi connectivity index (χ1) is 8.65. The van der Waals surface area contributed by atoms with Crippen LogP contribution in [-0.4, -0.2) is 11.8 Å². The molecule has 3 nitrogen and oxygen atoms in total. The van der Waals surface area contributed by atoms with Crippen molar-refractivity contribution in [2.45, 2.75) is 6.92 Å². The molecule has 0 radical (unpaired) electrons. The molecule has 0 aliphatic rings. The third kappa shape index (κ3) is 3.04. The smallest absolute Gasteiger partial charge is 0.336 e. The molecule has 0 fully saturated rings. The van der Waals surface area contributed by atoms with Gasteiger partial charge in [-0.25, -0.2) is 4.79 Å². The van der Waals surface area contributed by atoms with E-state index in [1.807, 2.05) is 30.3 Å². The highest BCUT2D eigenvalue weighted by Gasteiger charge is 2.01. The van der Waals surface area contributed by atoms with Crippen LogP contribution in [0.25, 0.3) is 10.8 Å². The molecule has 0 heterocycles. The van der Waals surface area contributed by atoms with Gasteiger partial charge in [0.2, 0.25) is 0 Å². The summed E-state index contributed by atoms with van der Waals surface area (Å²) < 4.78 is 5.09. The number of esters is 1. The summed E-state index contributed by atoms with van der Waals surface area (Å²) >= 11 is 0. The van der Waals surface area contributed by atoms with Gasteiger partial charge in [0.1, 0.15) is 5.75 Å². The van der Waals surface area contributed by atoms with Crippen molar-refractivity contribution in [3.8, 4) is 5.75 Å². The van der Waals surface area contributed by atoms with Gasteiger partial charge in [0.05, 0.1) is 0 Å². The van der Waals surface area contributed by atoms with Gasteiger partial charge in [-0.3, -0.25) is 4.79 Å². The van der Waals surface area contributed by atoms with Crippen LogP contribution in [0, 0.1) is 0 Å². The second kappa shape index (κ2) is 5.27. The quantitative estimate of drug-likeness (QED) is 0.470. The van der Waals surface area contributed by atoms with Gasteiger partial charge in [-0.05, 0) is 35.9 Å². The lowest BCUT2D eigenvalue weighted by Crippen LogP contribution is -2.04. The van der Waals surface area contributed by atoms with Gasteiger partial charge in [0.25, 0.3) is 0 Å². The highest BCUT2D eigenvalue weighted by molar-refractivity contribution is 5.95. The Labute approximate surface area is 105 Å². The normalized spacial score (nSPS) is 10.7. The highest BCUT2D eigenvalue weighted by Crippen LogP contribution is 2.20. The number of carbonyl (C=O) groups is 2. The average molecular weight is 240 g/mol. The Morgan fingerprint density at radius 3 is 2.44 bits per heavy atom. The maximum absolute atomic E-state index is 11.4. The molecular weight excluding hydrogens is 228 g/mol. The number of hydrogen-bond acceptors (Lipinski definition) is 3. The zero-order chi connectivity index (χ0) is 13.0. The van der Waals surface area contributed by atoms with E-state index in [4.69, 9.17) is 4.74 Å². The third-order valence-electron chi connectivity index (χ3n) is 2.39. The molecular formula is C15H12O3. The molecule has 18 heavy (non-hydrogen) atoms. The van der Waals surface area contributed by atoms with Crippen LogP contribution in [0.15, 0.2) is 54.6 Å². The fourth-order valence-electron chi connectivity index (χ4n) is 1.57. The fraction of sp³-hybridized carbons (Fsp3) is 0.0667. The molecule has 0 spiro atoms. The number of allylic oxidation sites excluding steroid dienone is 1. The van der Waals surface area contributed by atoms with Crippen molar-refractivity contribution in [2.24, 2.45) is 0 Å². The SMILES string of the molecule is CC(=O)C=CC(=O)Oc1ccc2ccccc2c1. The minimum Gasteiger partial charge on any atom is -0.423 e. The standard InChI is InChI=1S/C15H12O3/c1-11(16)6-9-15(17)18-14-8-7-12-4-2-3-5-13(12)10-14/h2-10H,1H3. The Morgan fingerprint density at radius 1 is 1.00 bits per heavy atom.